The predicted molar refractivity (Wildman–Crippen MR) is 172 cm³/mol. The van der Waals surface area contributed by atoms with E-state index in [1.807, 2.05) is 20.8 Å². The van der Waals surface area contributed by atoms with Crippen LogP contribution in [0.4, 0.5) is 0 Å². The van der Waals surface area contributed by atoms with Crippen LogP contribution in [0.1, 0.15) is 116 Å². The first-order valence-electron chi connectivity index (χ1n) is 12.5. The average molecular weight is 687 g/mol. The number of nitrogens with zero attached hydrogens (tertiary/aromatic N) is 1. The van der Waals surface area contributed by atoms with Gasteiger partial charge in [0.05, 0.1) is 6.54 Å². The first-order chi connectivity index (χ1) is 16.8. The van der Waals surface area contributed by atoms with Gasteiger partial charge in [-0.15, -0.1) is 24.0 Å². The van der Waals surface area contributed by atoms with E-state index < -0.39 is 17.9 Å². The molecular weight excluding hydrogens is 623 g/mol. The number of carbonyl (C=O) groups excluding carboxylic acids is 2. The van der Waals surface area contributed by atoms with E-state index in [0.717, 1.165) is 19.4 Å². The summed E-state index contributed by atoms with van der Waals surface area (Å²) in [6.45, 7) is 18.1. The molecule has 11 nitrogen and oxygen atoms in total. The van der Waals surface area contributed by atoms with Crippen molar-refractivity contribution >= 4 is 53.6 Å². The predicted octanol–water partition coefficient (Wildman–Crippen LogP) is 5.56. The molecule has 0 radical (unpaired) electrons. The number of Topliss-reactive ketones (excluding diaryl/α,β-unsaturated/α-hetero) is 1. The number of carbonyl (C=O) groups is 5. The van der Waals surface area contributed by atoms with Crippen LogP contribution in [-0.4, -0.2) is 87.7 Å². The maximum absolute atomic E-state index is 11.1. The fourth-order valence-corrected chi connectivity index (χ4v) is 1.32. The van der Waals surface area contributed by atoms with Crippen LogP contribution in [0, 0.1) is 0 Å². The molecule has 0 spiro atoms. The number of nitrogens with one attached hydrogen (secondary N) is 1. The van der Waals surface area contributed by atoms with Gasteiger partial charge in [-0.05, 0) is 33.2 Å². The number of aliphatic hydroxyl groups excluding tert-OH is 1. The molecule has 0 saturated carbocycles. The van der Waals surface area contributed by atoms with E-state index in [2.05, 4.69) is 19.2 Å². The second-order valence-electron chi connectivity index (χ2n) is 6.96. The number of aliphatic carboxylic acids is 3. The lowest BCUT2D eigenvalue weighted by atomic mass is 10.3. The highest BCUT2D eigenvalue weighted by Gasteiger charge is 2.13. The highest BCUT2D eigenvalue weighted by atomic mass is 127. The fourth-order valence-electron chi connectivity index (χ4n) is 1.32. The van der Waals surface area contributed by atoms with Crippen LogP contribution < -0.4 is 5.32 Å². The molecule has 0 aliphatic heterocycles. The second-order valence-corrected chi connectivity index (χ2v) is 6.96. The van der Waals surface area contributed by atoms with Crippen molar-refractivity contribution in [2.24, 2.45) is 0 Å². The molecular formula is C27H63IN2O9. The number of halogens is 1. The molecule has 0 fully saturated rings. The number of rotatable bonds is 11. The molecule has 39 heavy (non-hydrogen) atoms. The zero-order valence-electron chi connectivity index (χ0n) is 24.5. The molecule has 0 aliphatic rings. The van der Waals surface area contributed by atoms with Crippen molar-refractivity contribution in [1.82, 2.24) is 10.2 Å². The molecule has 0 rings (SSSR count). The quantitative estimate of drug-likeness (QED) is 0.136. The number of amides is 1. The highest BCUT2D eigenvalue weighted by molar-refractivity contribution is 14.0. The van der Waals surface area contributed by atoms with Gasteiger partial charge in [0, 0.05) is 32.4 Å². The standard InChI is InChI=1S/C8H15NO3.C5H11NO2.C4H8O.C3H6O2.C3H8.C2H6O.2CH4.HI/c1-3-5-9(6-8(11)12)7(10)4-2;1-2-3-6-4-5(7)8;1-3-4(2)5;1-2-3(4)5;1-3-2;1-2-3;;;/h3-6H2,1-2H3,(H,11,12);6H,2-4H2,1H3,(H,7,8);3H2,1-2H3;2H2,1H3,(H,4,5);3H2,1-2H3;3H,2H2,1H3;2*1H4;1H. The Morgan fingerprint density at radius 2 is 1.05 bits per heavy atom. The lowest BCUT2D eigenvalue weighted by Gasteiger charge is -2.18. The van der Waals surface area contributed by atoms with Crippen molar-refractivity contribution in [3.05, 3.63) is 0 Å². The van der Waals surface area contributed by atoms with Crippen molar-refractivity contribution in [2.45, 2.75) is 116 Å². The monoisotopic (exact) mass is 686 g/mol. The molecule has 0 aromatic carbocycles. The Morgan fingerprint density at radius 1 is 0.692 bits per heavy atom. The third-order valence-corrected chi connectivity index (χ3v) is 2.98. The Morgan fingerprint density at radius 3 is 1.23 bits per heavy atom. The van der Waals surface area contributed by atoms with Crippen LogP contribution in [-0.2, 0) is 24.0 Å². The summed E-state index contributed by atoms with van der Waals surface area (Å²) < 4.78 is 0. The van der Waals surface area contributed by atoms with Crippen LogP contribution in [0.15, 0.2) is 0 Å². The Labute approximate surface area is 256 Å². The molecule has 0 heterocycles. The minimum absolute atomic E-state index is 0. The van der Waals surface area contributed by atoms with Gasteiger partial charge in [0.1, 0.15) is 12.3 Å². The second kappa shape index (κ2) is 56.4. The van der Waals surface area contributed by atoms with Crippen LogP contribution in [0.5, 0.6) is 0 Å². The van der Waals surface area contributed by atoms with Crippen molar-refractivity contribution in [1.29, 1.82) is 0 Å². The Kier molecular flexibility index (Phi) is 88.7. The highest BCUT2D eigenvalue weighted by Crippen LogP contribution is 1.95. The molecule has 242 valence electrons. The summed E-state index contributed by atoms with van der Waals surface area (Å²) in [5, 5.41) is 34.6. The maximum atomic E-state index is 11.1. The largest absolute Gasteiger partial charge is 0.481 e. The van der Waals surface area contributed by atoms with Gasteiger partial charge in [0.25, 0.3) is 0 Å². The van der Waals surface area contributed by atoms with Gasteiger partial charge in [-0.1, -0.05) is 69.7 Å². The molecule has 0 aliphatic carbocycles. The Hall–Kier alpha value is -1.80. The van der Waals surface area contributed by atoms with E-state index in [1.54, 1.807) is 27.7 Å². The molecule has 1 amide bonds. The van der Waals surface area contributed by atoms with Crippen molar-refractivity contribution in [3.63, 3.8) is 0 Å². The summed E-state index contributed by atoms with van der Waals surface area (Å²) in [6.07, 6.45) is 4.28. The first kappa shape index (κ1) is 61.3. The lowest BCUT2D eigenvalue weighted by Crippen LogP contribution is -2.35. The number of aliphatic hydroxyl groups is 1. The van der Waals surface area contributed by atoms with Crippen molar-refractivity contribution in [3.8, 4) is 0 Å². The molecule has 0 aromatic heterocycles. The van der Waals surface area contributed by atoms with Gasteiger partial charge in [0.15, 0.2) is 0 Å². The van der Waals surface area contributed by atoms with Crippen molar-refractivity contribution < 1.29 is 44.4 Å². The number of carboxylic acid groups (broad SMARTS) is 3. The van der Waals surface area contributed by atoms with E-state index in [0.29, 0.717) is 19.4 Å². The molecule has 12 heteroatoms. The average Bonchev–Trinajstić information content (AvgIpc) is 2.80. The number of carboxylic acids is 3. The van der Waals surface area contributed by atoms with Gasteiger partial charge >= 0.3 is 17.9 Å². The van der Waals surface area contributed by atoms with Crippen LogP contribution in [0.2, 0.25) is 0 Å². The van der Waals surface area contributed by atoms with Crippen LogP contribution >= 0.6 is 24.0 Å². The summed E-state index contributed by atoms with van der Waals surface area (Å²) >= 11 is 0. The first-order valence-corrected chi connectivity index (χ1v) is 12.5. The maximum Gasteiger partial charge on any atom is 0.323 e. The smallest absolute Gasteiger partial charge is 0.323 e. The number of hydrogen-bond donors (Lipinski definition) is 5. The van der Waals surface area contributed by atoms with Crippen molar-refractivity contribution in [2.75, 3.05) is 32.8 Å². The van der Waals surface area contributed by atoms with E-state index in [-0.39, 0.29) is 76.6 Å². The molecule has 5 N–H and O–H groups in total. The summed E-state index contributed by atoms with van der Waals surface area (Å²) in [7, 11) is 0. The summed E-state index contributed by atoms with van der Waals surface area (Å²) in [5.74, 6) is -2.34. The minimum Gasteiger partial charge on any atom is -0.481 e. The van der Waals surface area contributed by atoms with E-state index in [9.17, 15) is 24.0 Å². The van der Waals surface area contributed by atoms with Crippen LogP contribution in [0.3, 0.4) is 0 Å². The zero-order chi connectivity index (χ0) is 29.9. The summed E-state index contributed by atoms with van der Waals surface area (Å²) in [4.78, 5) is 51.8. The fraction of sp³-hybridized carbons (Fsp3) is 0.815. The lowest BCUT2D eigenvalue weighted by molar-refractivity contribution is -0.144. The van der Waals surface area contributed by atoms with E-state index in [4.69, 9.17) is 20.4 Å². The van der Waals surface area contributed by atoms with Gasteiger partial charge in [-0.2, -0.15) is 0 Å². The SMILES string of the molecule is C.C.CCC.CCC(=O)O.CCC(C)=O.CCCN(CC(=O)O)C(=O)CC.CCCNCC(=O)O.CCO.I. The summed E-state index contributed by atoms with van der Waals surface area (Å²) in [6, 6.07) is 0. The van der Waals surface area contributed by atoms with Crippen LogP contribution in [0.25, 0.3) is 0 Å². The third kappa shape index (κ3) is 104. The zero-order valence-corrected chi connectivity index (χ0v) is 26.8. The molecule has 0 aromatic rings. The molecule has 0 bridgehead atoms. The van der Waals surface area contributed by atoms with E-state index >= 15 is 0 Å². The molecule has 0 unspecified atom stereocenters. The molecule has 0 atom stereocenters. The van der Waals surface area contributed by atoms with E-state index in [1.165, 1.54) is 11.3 Å². The summed E-state index contributed by atoms with van der Waals surface area (Å²) in [5.41, 5.74) is 0. The number of hydrogen-bond acceptors (Lipinski definition) is 7. The van der Waals surface area contributed by atoms with Gasteiger partial charge in [-0.25, -0.2) is 0 Å². The Bertz CT molecular complexity index is 505. The minimum atomic E-state index is -0.953. The van der Waals surface area contributed by atoms with Gasteiger partial charge in [0.2, 0.25) is 5.91 Å². The molecule has 0 saturated heterocycles. The normalized spacial score (nSPS) is 7.64. The Balaban J connectivity index is -0.0000000420. The third-order valence-electron chi connectivity index (χ3n) is 2.98. The van der Waals surface area contributed by atoms with Gasteiger partial charge < -0.3 is 35.4 Å². The number of ketones is 1. The van der Waals surface area contributed by atoms with Gasteiger partial charge in [-0.3, -0.25) is 19.2 Å². The topological polar surface area (TPSA) is 182 Å².